The van der Waals surface area contributed by atoms with Crippen LogP contribution < -0.4 is 0 Å². The first-order chi connectivity index (χ1) is 8.78. The van der Waals surface area contributed by atoms with E-state index < -0.39 is 8.32 Å². The molecule has 0 heterocycles. The summed E-state index contributed by atoms with van der Waals surface area (Å²) in [6.45, 7) is 11.9. The molecule has 1 unspecified atom stereocenters. The fraction of sp³-hybridized carbons (Fsp3) is 0.562. The van der Waals surface area contributed by atoms with E-state index in [1.807, 2.05) is 30.3 Å². The van der Waals surface area contributed by atoms with Crippen LogP contribution in [-0.4, -0.2) is 14.9 Å². The molecular weight excluding hydrogens is 250 g/mol. The summed E-state index contributed by atoms with van der Waals surface area (Å²) in [5, 5.41) is 9.50. The highest BCUT2D eigenvalue weighted by atomic mass is 28.4. The maximum Gasteiger partial charge on any atom is 0.191 e. The van der Waals surface area contributed by atoms with Crippen molar-refractivity contribution in [2.75, 3.05) is 6.61 Å². The second-order valence-electron chi connectivity index (χ2n) is 6.49. The first-order valence-corrected chi connectivity index (χ1v) is 9.77. The smallest absolute Gasteiger partial charge is 0.191 e. The molecular formula is C16H25NOSi. The third-order valence-electron chi connectivity index (χ3n) is 4.03. The van der Waals surface area contributed by atoms with Crippen LogP contribution in [0.4, 0.5) is 0 Å². The highest BCUT2D eigenvalue weighted by molar-refractivity contribution is 6.74. The van der Waals surface area contributed by atoms with Gasteiger partial charge in [-0.2, -0.15) is 5.26 Å². The molecule has 0 fully saturated rings. The van der Waals surface area contributed by atoms with Gasteiger partial charge in [-0.25, -0.2) is 0 Å². The van der Waals surface area contributed by atoms with Crippen LogP contribution in [0.3, 0.4) is 0 Å². The summed E-state index contributed by atoms with van der Waals surface area (Å²) >= 11 is 0. The van der Waals surface area contributed by atoms with Gasteiger partial charge in [-0.1, -0.05) is 51.1 Å². The summed E-state index contributed by atoms with van der Waals surface area (Å²) < 4.78 is 6.14. The van der Waals surface area contributed by atoms with Gasteiger partial charge in [0.2, 0.25) is 0 Å². The summed E-state index contributed by atoms with van der Waals surface area (Å²) in [5.41, 5.74) is 1.09. The molecule has 0 spiro atoms. The Labute approximate surface area is 118 Å². The summed E-state index contributed by atoms with van der Waals surface area (Å²) in [5.74, 6) is -0.0639. The van der Waals surface area contributed by atoms with Crippen LogP contribution in [0.25, 0.3) is 0 Å². The van der Waals surface area contributed by atoms with E-state index in [4.69, 9.17) is 4.43 Å². The van der Waals surface area contributed by atoms with Crippen LogP contribution in [0.1, 0.15) is 38.7 Å². The minimum Gasteiger partial charge on any atom is -0.417 e. The Hall–Kier alpha value is -1.11. The minimum atomic E-state index is -1.69. The fourth-order valence-corrected chi connectivity index (χ4v) is 2.70. The van der Waals surface area contributed by atoms with Crippen molar-refractivity contribution >= 4 is 8.32 Å². The average Bonchev–Trinajstić information content (AvgIpc) is 2.34. The molecule has 0 saturated heterocycles. The lowest BCUT2D eigenvalue weighted by atomic mass is 9.98. The molecule has 0 aliphatic rings. The third kappa shape index (κ3) is 4.48. The molecule has 0 bridgehead atoms. The maximum absolute atomic E-state index is 9.27. The molecule has 1 aromatic carbocycles. The van der Waals surface area contributed by atoms with Gasteiger partial charge in [0.15, 0.2) is 8.32 Å². The van der Waals surface area contributed by atoms with Gasteiger partial charge >= 0.3 is 0 Å². The normalized spacial score (nSPS) is 13.9. The molecule has 0 amide bonds. The van der Waals surface area contributed by atoms with Crippen molar-refractivity contribution in [1.29, 1.82) is 5.26 Å². The Morgan fingerprint density at radius 3 is 2.26 bits per heavy atom. The quantitative estimate of drug-likeness (QED) is 0.729. The third-order valence-corrected chi connectivity index (χ3v) is 8.57. The predicted molar refractivity (Wildman–Crippen MR) is 82.6 cm³/mol. The van der Waals surface area contributed by atoms with Gasteiger partial charge in [0.25, 0.3) is 0 Å². The Balaban J connectivity index is 2.55. The van der Waals surface area contributed by atoms with E-state index in [-0.39, 0.29) is 11.0 Å². The van der Waals surface area contributed by atoms with Crippen molar-refractivity contribution in [2.45, 2.75) is 51.2 Å². The molecule has 0 aliphatic carbocycles. The van der Waals surface area contributed by atoms with Crippen molar-refractivity contribution in [3.05, 3.63) is 35.9 Å². The number of hydrogen-bond acceptors (Lipinski definition) is 2. The largest absolute Gasteiger partial charge is 0.417 e. The van der Waals surface area contributed by atoms with Gasteiger partial charge in [-0.3, -0.25) is 0 Å². The number of nitrogens with zero attached hydrogens (tertiary/aromatic N) is 1. The van der Waals surface area contributed by atoms with E-state index in [9.17, 15) is 5.26 Å². The molecule has 104 valence electrons. The zero-order valence-electron chi connectivity index (χ0n) is 12.7. The van der Waals surface area contributed by atoms with E-state index in [1.165, 1.54) is 0 Å². The minimum absolute atomic E-state index is 0.0639. The van der Waals surface area contributed by atoms with Crippen molar-refractivity contribution < 1.29 is 4.43 Å². The van der Waals surface area contributed by atoms with Gasteiger partial charge in [-0.05, 0) is 30.1 Å². The van der Waals surface area contributed by atoms with Crippen molar-refractivity contribution in [2.24, 2.45) is 0 Å². The van der Waals surface area contributed by atoms with E-state index in [0.29, 0.717) is 6.61 Å². The summed E-state index contributed by atoms with van der Waals surface area (Å²) in [7, 11) is -1.69. The molecule has 19 heavy (non-hydrogen) atoms. The lowest BCUT2D eigenvalue weighted by Gasteiger charge is -2.36. The van der Waals surface area contributed by atoms with Crippen LogP contribution in [0.5, 0.6) is 0 Å². The standard InChI is InChI=1S/C16H25NOSi/c1-16(2,3)19(4,5)18-12-11-15(13-17)14-9-7-6-8-10-14/h6-10,15H,11-12H2,1-5H3. The molecule has 0 aliphatic heterocycles. The summed E-state index contributed by atoms with van der Waals surface area (Å²) in [6.07, 6.45) is 0.771. The first kappa shape index (κ1) is 15.9. The van der Waals surface area contributed by atoms with Crippen LogP contribution in [0.15, 0.2) is 30.3 Å². The monoisotopic (exact) mass is 275 g/mol. The molecule has 1 rings (SSSR count). The van der Waals surface area contributed by atoms with Crippen LogP contribution in [0, 0.1) is 11.3 Å². The first-order valence-electron chi connectivity index (χ1n) is 6.86. The summed E-state index contributed by atoms with van der Waals surface area (Å²) in [6, 6.07) is 12.3. The Bertz CT molecular complexity index is 428. The number of rotatable bonds is 5. The van der Waals surface area contributed by atoms with Gasteiger partial charge in [0.05, 0.1) is 12.0 Å². The topological polar surface area (TPSA) is 33.0 Å². The Morgan fingerprint density at radius 2 is 1.79 bits per heavy atom. The molecule has 0 radical (unpaired) electrons. The number of benzene rings is 1. The molecule has 3 heteroatoms. The molecule has 0 saturated carbocycles. The van der Waals surface area contributed by atoms with E-state index in [0.717, 1.165) is 12.0 Å². The van der Waals surface area contributed by atoms with E-state index in [1.54, 1.807) is 0 Å². The Kier molecular flexibility index (Phi) is 5.34. The number of nitriles is 1. The molecule has 0 aromatic heterocycles. The van der Waals surface area contributed by atoms with E-state index in [2.05, 4.69) is 39.9 Å². The molecule has 0 N–H and O–H groups in total. The molecule has 1 aromatic rings. The SMILES string of the molecule is CC(C)(C)[Si](C)(C)OCCC(C#N)c1ccccc1. The highest BCUT2D eigenvalue weighted by Gasteiger charge is 2.37. The predicted octanol–water partition coefficient (Wildman–Crippen LogP) is 4.71. The highest BCUT2D eigenvalue weighted by Crippen LogP contribution is 2.36. The van der Waals surface area contributed by atoms with Gasteiger partial charge in [-0.15, -0.1) is 0 Å². The second kappa shape index (κ2) is 6.36. The second-order valence-corrected chi connectivity index (χ2v) is 11.3. The van der Waals surface area contributed by atoms with Crippen molar-refractivity contribution in [1.82, 2.24) is 0 Å². The van der Waals surface area contributed by atoms with Crippen molar-refractivity contribution in [3.8, 4) is 6.07 Å². The maximum atomic E-state index is 9.27. The molecule has 1 atom stereocenters. The fourth-order valence-electron chi connectivity index (χ4n) is 1.64. The lowest BCUT2D eigenvalue weighted by molar-refractivity contribution is 0.278. The number of hydrogen-bond donors (Lipinski definition) is 0. The van der Waals surface area contributed by atoms with Crippen molar-refractivity contribution in [3.63, 3.8) is 0 Å². The van der Waals surface area contributed by atoms with Gasteiger partial charge in [0.1, 0.15) is 0 Å². The van der Waals surface area contributed by atoms with Gasteiger partial charge in [0, 0.05) is 6.61 Å². The van der Waals surface area contributed by atoms with Crippen LogP contribution in [0.2, 0.25) is 18.1 Å². The Morgan fingerprint density at radius 1 is 1.21 bits per heavy atom. The van der Waals surface area contributed by atoms with Gasteiger partial charge < -0.3 is 4.43 Å². The van der Waals surface area contributed by atoms with Crippen LogP contribution in [-0.2, 0) is 4.43 Å². The molecule has 2 nitrogen and oxygen atoms in total. The zero-order chi connectivity index (χ0) is 14.5. The summed E-state index contributed by atoms with van der Waals surface area (Å²) in [4.78, 5) is 0. The van der Waals surface area contributed by atoms with Crippen LogP contribution >= 0.6 is 0 Å². The zero-order valence-corrected chi connectivity index (χ0v) is 13.7. The average molecular weight is 275 g/mol. The van der Waals surface area contributed by atoms with E-state index >= 15 is 0 Å². The lowest BCUT2D eigenvalue weighted by Crippen LogP contribution is -2.41.